The van der Waals surface area contributed by atoms with Crippen LogP contribution in [0.4, 0.5) is 0 Å². The number of nitrogens with two attached hydrogens (primary N) is 1. The normalized spacial score (nSPS) is 20.9. The summed E-state index contributed by atoms with van der Waals surface area (Å²) in [5.74, 6) is 0. The number of nitrogens with one attached hydrogen (secondary N) is 1. The van der Waals surface area contributed by atoms with Crippen LogP contribution in [-0.2, 0) is 16.6 Å². The third-order valence-corrected chi connectivity index (χ3v) is 6.72. The predicted octanol–water partition coefficient (Wildman–Crippen LogP) is 2.51. The maximum atomic E-state index is 12.5. The molecule has 1 aromatic carbocycles. The second kappa shape index (κ2) is 4.70. The van der Waals surface area contributed by atoms with Crippen molar-refractivity contribution < 1.29 is 8.42 Å². The van der Waals surface area contributed by atoms with Gasteiger partial charge in [0.15, 0.2) is 0 Å². The molecule has 2 rings (SSSR count). The highest BCUT2D eigenvalue weighted by molar-refractivity contribution is 7.89. The third-order valence-electron chi connectivity index (χ3n) is 4.81. The fourth-order valence-corrected chi connectivity index (χ4v) is 4.67. The van der Waals surface area contributed by atoms with Gasteiger partial charge in [-0.3, -0.25) is 0 Å². The maximum absolute atomic E-state index is 12.5. The van der Waals surface area contributed by atoms with Gasteiger partial charge in [-0.05, 0) is 28.5 Å². The van der Waals surface area contributed by atoms with Crippen LogP contribution in [-0.4, -0.2) is 14.5 Å². The summed E-state index contributed by atoms with van der Waals surface area (Å²) in [5.41, 5.74) is 6.15. The standard InChI is InChI=1S/C14H21ClN2O2S/c1-13(2)12(14(13,3)4)17-20(18,19)11-7-9(8-16)5-6-10(11)15/h5-7,12,17H,8,16H2,1-4H3. The van der Waals surface area contributed by atoms with Gasteiger partial charge in [0.1, 0.15) is 4.90 Å². The Labute approximate surface area is 125 Å². The highest BCUT2D eigenvalue weighted by atomic mass is 35.5. The van der Waals surface area contributed by atoms with Gasteiger partial charge in [0, 0.05) is 12.6 Å². The van der Waals surface area contributed by atoms with Crippen molar-refractivity contribution in [1.82, 2.24) is 4.72 Å². The molecule has 0 heterocycles. The molecular formula is C14H21ClN2O2S. The smallest absolute Gasteiger partial charge is 0.242 e. The van der Waals surface area contributed by atoms with E-state index in [1.807, 2.05) is 0 Å². The Morgan fingerprint density at radius 2 is 1.80 bits per heavy atom. The molecule has 1 aliphatic rings. The van der Waals surface area contributed by atoms with Crippen molar-refractivity contribution in [2.75, 3.05) is 0 Å². The van der Waals surface area contributed by atoms with E-state index in [1.165, 1.54) is 6.07 Å². The highest BCUT2D eigenvalue weighted by Gasteiger charge is 2.66. The first kappa shape index (κ1) is 15.8. The predicted molar refractivity (Wildman–Crippen MR) is 81.0 cm³/mol. The minimum absolute atomic E-state index is 0.0714. The number of benzene rings is 1. The molecule has 0 aliphatic heterocycles. The van der Waals surface area contributed by atoms with Crippen LogP contribution in [0.5, 0.6) is 0 Å². The van der Waals surface area contributed by atoms with E-state index in [9.17, 15) is 8.42 Å². The Balaban J connectivity index is 2.33. The van der Waals surface area contributed by atoms with Crippen molar-refractivity contribution in [3.8, 4) is 0 Å². The van der Waals surface area contributed by atoms with Gasteiger partial charge in [0.05, 0.1) is 5.02 Å². The van der Waals surface area contributed by atoms with Crippen molar-refractivity contribution in [1.29, 1.82) is 0 Å². The summed E-state index contributed by atoms with van der Waals surface area (Å²) in [6.07, 6.45) is 0. The Morgan fingerprint density at radius 1 is 1.25 bits per heavy atom. The molecule has 0 amide bonds. The summed E-state index contributed by atoms with van der Waals surface area (Å²) in [6, 6.07) is 4.73. The minimum Gasteiger partial charge on any atom is -0.326 e. The molecular weight excluding hydrogens is 296 g/mol. The Morgan fingerprint density at radius 3 is 2.25 bits per heavy atom. The van der Waals surface area contributed by atoms with Crippen LogP contribution in [0.25, 0.3) is 0 Å². The fourth-order valence-electron chi connectivity index (χ4n) is 2.59. The van der Waals surface area contributed by atoms with Crippen molar-refractivity contribution in [3.05, 3.63) is 28.8 Å². The van der Waals surface area contributed by atoms with Crippen LogP contribution in [0.3, 0.4) is 0 Å². The first-order valence-electron chi connectivity index (χ1n) is 6.55. The summed E-state index contributed by atoms with van der Waals surface area (Å²) in [4.78, 5) is 0.0978. The number of rotatable bonds is 4. The summed E-state index contributed by atoms with van der Waals surface area (Å²) < 4.78 is 27.8. The van der Waals surface area contributed by atoms with Crippen LogP contribution in [0.15, 0.2) is 23.1 Å². The zero-order valence-electron chi connectivity index (χ0n) is 12.2. The molecule has 1 saturated carbocycles. The lowest BCUT2D eigenvalue weighted by Gasteiger charge is -2.11. The van der Waals surface area contributed by atoms with Gasteiger partial charge in [-0.15, -0.1) is 0 Å². The van der Waals surface area contributed by atoms with E-state index in [-0.39, 0.29) is 33.3 Å². The third kappa shape index (κ3) is 2.37. The topological polar surface area (TPSA) is 72.2 Å². The van der Waals surface area contributed by atoms with Gasteiger partial charge in [0.25, 0.3) is 0 Å². The lowest BCUT2D eigenvalue weighted by molar-refractivity contribution is 0.457. The zero-order valence-corrected chi connectivity index (χ0v) is 13.8. The van der Waals surface area contributed by atoms with E-state index in [0.717, 1.165) is 5.56 Å². The molecule has 20 heavy (non-hydrogen) atoms. The van der Waals surface area contributed by atoms with Gasteiger partial charge < -0.3 is 5.73 Å². The quantitative estimate of drug-likeness (QED) is 0.896. The maximum Gasteiger partial charge on any atom is 0.242 e. The number of hydrogen-bond donors (Lipinski definition) is 2. The molecule has 0 radical (unpaired) electrons. The molecule has 0 spiro atoms. The van der Waals surface area contributed by atoms with E-state index < -0.39 is 10.0 Å². The van der Waals surface area contributed by atoms with Gasteiger partial charge in [-0.25, -0.2) is 13.1 Å². The lowest BCUT2D eigenvalue weighted by Crippen LogP contribution is -2.30. The van der Waals surface area contributed by atoms with E-state index in [4.69, 9.17) is 17.3 Å². The van der Waals surface area contributed by atoms with Gasteiger partial charge in [0.2, 0.25) is 10.0 Å². The van der Waals surface area contributed by atoms with Crippen LogP contribution in [0.1, 0.15) is 33.3 Å². The Bertz CT molecular complexity index is 625. The van der Waals surface area contributed by atoms with E-state index in [2.05, 4.69) is 32.4 Å². The van der Waals surface area contributed by atoms with Crippen molar-refractivity contribution in [2.24, 2.45) is 16.6 Å². The molecule has 4 nitrogen and oxygen atoms in total. The van der Waals surface area contributed by atoms with Gasteiger partial charge in [-0.1, -0.05) is 45.4 Å². The molecule has 1 fully saturated rings. The van der Waals surface area contributed by atoms with Crippen LogP contribution in [0, 0.1) is 10.8 Å². The summed E-state index contributed by atoms with van der Waals surface area (Å²) in [5, 5.41) is 0.214. The molecule has 112 valence electrons. The lowest BCUT2D eigenvalue weighted by atomic mass is 10.0. The number of halogens is 1. The Kier molecular flexibility index (Phi) is 3.70. The molecule has 0 saturated heterocycles. The minimum atomic E-state index is -3.64. The average molecular weight is 317 g/mol. The second-order valence-corrected chi connectivity index (χ2v) is 8.56. The molecule has 0 bridgehead atoms. The molecule has 0 atom stereocenters. The summed E-state index contributed by atoms with van der Waals surface area (Å²) in [7, 11) is -3.64. The fraction of sp³-hybridized carbons (Fsp3) is 0.571. The van der Waals surface area contributed by atoms with E-state index in [1.54, 1.807) is 12.1 Å². The van der Waals surface area contributed by atoms with Crippen LogP contribution < -0.4 is 10.5 Å². The van der Waals surface area contributed by atoms with Gasteiger partial charge >= 0.3 is 0 Å². The number of sulfonamides is 1. The first-order valence-corrected chi connectivity index (χ1v) is 8.41. The zero-order chi connectivity index (χ0) is 15.3. The first-order chi connectivity index (χ1) is 9.04. The van der Waals surface area contributed by atoms with E-state index in [0.29, 0.717) is 0 Å². The monoisotopic (exact) mass is 316 g/mol. The Hall–Kier alpha value is -0.620. The molecule has 6 heteroatoms. The summed E-state index contributed by atoms with van der Waals surface area (Å²) >= 11 is 6.02. The summed E-state index contributed by atoms with van der Waals surface area (Å²) in [6.45, 7) is 8.49. The second-order valence-electron chi connectivity index (χ2n) is 6.47. The van der Waals surface area contributed by atoms with Crippen molar-refractivity contribution in [3.63, 3.8) is 0 Å². The van der Waals surface area contributed by atoms with E-state index >= 15 is 0 Å². The molecule has 3 N–H and O–H groups in total. The largest absolute Gasteiger partial charge is 0.326 e. The van der Waals surface area contributed by atoms with Gasteiger partial charge in [-0.2, -0.15) is 0 Å². The van der Waals surface area contributed by atoms with Crippen molar-refractivity contribution >= 4 is 21.6 Å². The molecule has 0 aromatic heterocycles. The molecule has 1 aromatic rings. The van der Waals surface area contributed by atoms with Crippen molar-refractivity contribution in [2.45, 2.75) is 45.2 Å². The van der Waals surface area contributed by atoms with Crippen LogP contribution >= 0.6 is 11.6 Å². The highest BCUT2D eigenvalue weighted by Crippen LogP contribution is 2.63. The SMILES string of the molecule is CC1(C)C(NS(=O)(=O)c2cc(CN)ccc2Cl)C1(C)C. The number of hydrogen-bond acceptors (Lipinski definition) is 3. The molecule has 1 aliphatic carbocycles. The molecule has 0 unspecified atom stereocenters. The van der Waals surface area contributed by atoms with Crippen LogP contribution in [0.2, 0.25) is 5.02 Å². The average Bonchev–Trinajstić information content (AvgIpc) is 2.72.